The van der Waals surface area contributed by atoms with E-state index in [0.717, 1.165) is 0 Å². The van der Waals surface area contributed by atoms with Crippen LogP contribution in [0.4, 0.5) is 8.78 Å². The van der Waals surface area contributed by atoms with E-state index in [-0.39, 0.29) is 18.0 Å². The maximum absolute atomic E-state index is 13.7. The zero-order valence-corrected chi connectivity index (χ0v) is 11.8. The van der Waals surface area contributed by atoms with Gasteiger partial charge < -0.3 is 5.32 Å². The van der Waals surface area contributed by atoms with Gasteiger partial charge >= 0.3 is 0 Å². The number of nitrogens with zero attached hydrogens (tertiary/aromatic N) is 1. The van der Waals surface area contributed by atoms with Crippen molar-refractivity contribution in [3.05, 3.63) is 64.4 Å². The van der Waals surface area contributed by atoms with Crippen molar-refractivity contribution in [2.75, 3.05) is 6.54 Å². The minimum Gasteiger partial charge on any atom is -0.309 e. The number of pyridine rings is 1. The normalized spacial score (nSPS) is 12.4. The molecule has 0 radical (unpaired) electrons. The van der Waals surface area contributed by atoms with Crippen molar-refractivity contribution in [1.82, 2.24) is 10.3 Å². The molecule has 1 aromatic carbocycles. The first-order chi connectivity index (χ1) is 9.61. The van der Waals surface area contributed by atoms with Gasteiger partial charge in [-0.05, 0) is 37.2 Å². The van der Waals surface area contributed by atoms with Crippen LogP contribution in [0.25, 0.3) is 0 Å². The molecule has 0 saturated heterocycles. The van der Waals surface area contributed by atoms with E-state index in [1.165, 1.54) is 24.4 Å². The highest BCUT2D eigenvalue weighted by Crippen LogP contribution is 2.22. The van der Waals surface area contributed by atoms with Crippen LogP contribution >= 0.6 is 11.6 Å². The molecule has 0 aliphatic heterocycles. The second kappa shape index (κ2) is 6.77. The smallest absolute Gasteiger partial charge is 0.129 e. The van der Waals surface area contributed by atoms with Crippen molar-refractivity contribution >= 4 is 11.6 Å². The molecular formula is C15H15ClF2N2. The van der Waals surface area contributed by atoms with Gasteiger partial charge in [-0.1, -0.05) is 24.6 Å². The summed E-state index contributed by atoms with van der Waals surface area (Å²) >= 11 is 5.80. The molecule has 20 heavy (non-hydrogen) atoms. The van der Waals surface area contributed by atoms with Gasteiger partial charge in [0, 0.05) is 11.8 Å². The number of rotatable bonds is 5. The molecule has 0 spiro atoms. The fraction of sp³-hybridized carbons (Fsp3) is 0.267. The molecule has 0 aliphatic rings. The molecule has 5 heteroatoms. The number of benzene rings is 1. The van der Waals surface area contributed by atoms with E-state index in [4.69, 9.17) is 11.6 Å². The predicted octanol–water partition coefficient (Wildman–Crippen LogP) is 3.91. The summed E-state index contributed by atoms with van der Waals surface area (Å²) in [7, 11) is 0. The molecule has 0 amide bonds. The van der Waals surface area contributed by atoms with E-state index in [0.29, 0.717) is 17.3 Å². The molecule has 0 bridgehead atoms. The average Bonchev–Trinajstić information content (AvgIpc) is 2.43. The van der Waals surface area contributed by atoms with Gasteiger partial charge in [-0.25, -0.2) is 8.78 Å². The van der Waals surface area contributed by atoms with E-state index >= 15 is 0 Å². The minimum absolute atomic E-state index is 0.0650. The monoisotopic (exact) mass is 296 g/mol. The van der Waals surface area contributed by atoms with Crippen molar-refractivity contribution in [2.24, 2.45) is 0 Å². The summed E-state index contributed by atoms with van der Waals surface area (Å²) in [5.41, 5.74) is 0.772. The Balaban J connectivity index is 2.28. The van der Waals surface area contributed by atoms with Crippen molar-refractivity contribution in [1.29, 1.82) is 0 Å². The maximum Gasteiger partial charge on any atom is 0.129 e. The molecule has 1 unspecified atom stereocenters. The molecule has 1 aromatic heterocycles. The summed E-state index contributed by atoms with van der Waals surface area (Å²) in [6.45, 7) is 2.60. The Morgan fingerprint density at radius 1 is 1.20 bits per heavy atom. The van der Waals surface area contributed by atoms with E-state index in [1.807, 2.05) is 6.92 Å². The molecule has 0 aliphatic carbocycles. The number of likely N-dealkylation sites (N-methyl/N-ethyl adjacent to an activating group) is 1. The molecule has 1 atom stereocenters. The van der Waals surface area contributed by atoms with E-state index in [1.54, 1.807) is 12.1 Å². The van der Waals surface area contributed by atoms with Crippen molar-refractivity contribution in [2.45, 2.75) is 19.4 Å². The second-order valence-corrected chi connectivity index (χ2v) is 4.85. The van der Waals surface area contributed by atoms with Crippen LogP contribution in [0.2, 0.25) is 5.02 Å². The quantitative estimate of drug-likeness (QED) is 0.905. The highest BCUT2D eigenvalue weighted by atomic mass is 35.5. The van der Waals surface area contributed by atoms with Crippen LogP contribution in [0.15, 0.2) is 36.5 Å². The number of nitrogens with one attached hydrogen (secondary N) is 1. The van der Waals surface area contributed by atoms with Gasteiger partial charge in [-0.3, -0.25) is 4.98 Å². The first-order valence-electron chi connectivity index (χ1n) is 6.39. The zero-order chi connectivity index (χ0) is 14.5. The lowest BCUT2D eigenvalue weighted by Gasteiger charge is -2.18. The third kappa shape index (κ3) is 3.52. The van der Waals surface area contributed by atoms with Crippen molar-refractivity contribution in [3.63, 3.8) is 0 Å². The molecule has 0 fully saturated rings. The summed E-state index contributed by atoms with van der Waals surface area (Å²) < 4.78 is 27.4. The van der Waals surface area contributed by atoms with E-state index in [9.17, 15) is 8.78 Å². The predicted molar refractivity (Wildman–Crippen MR) is 75.7 cm³/mol. The molecule has 2 nitrogen and oxygen atoms in total. The molecule has 2 aromatic rings. The molecule has 106 valence electrons. The Morgan fingerprint density at radius 2 is 1.90 bits per heavy atom. The number of hydrogen-bond donors (Lipinski definition) is 1. The minimum atomic E-state index is -0.540. The Labute approximate surface area is 121 Å². The van der Waals surface area contributed by atoms with Crippen LogP contribution < -0.4 is 5.32 Å². The zero-order valence-electron chi connectivity index (χ0n) is 11.0. The van der Waals surface area contributed by atoms with Crippen LogP contribution in [-0.4, -0.2) is 11.5 Å². The Bertz CT molecular complexity index is 552. The van der Waals surface area contributed by atoms with E-state index < -0.39 is 11.6 Å². The maximum atomic E-state index is 13.7. The van der Waals surface area contributed by atoms with Crippen LogP contribution in [-0.2, 0) is 6.42 Å². The number of aromatic nitrogens is 1. The van der Waals surface area contributed by atoms with Crippen LogP contribution in [0, 0.1) is 11.6 Å². The van der Waals surface area contributed by atoms with Gasteiger partial charge in [0.2, 0.25) is 0 Å². The summed E-state index contributed by atoms with van der Waals surface area (Å²) in [6, 6.07) is 7.09. The van der Waals surface area contributed by atoms with Gasteiger partial charge in [0.25, 0.3) is 0 Å². The molecule has 1 N–H and O–H groups in total. The third-order valence-electron chi connectivity index (χ3n) is 3.03. The SMILES string of the molecule is CCNC(Cc1c(F)cccc1F)c1ccc(Cl)cn1. The van der Waals surface area contributed by atoms with Gasteiger partial charge in [-0.2, -0.15) is 0 Å². The largest absolute Gasteiger partial charge is 0.309 e. The van der Waals surface area contributed by atoms with Crippen LogP contribution in [0.1, 0.15) is 24.2 Å². The second-order valence-electron chi connectivity index (χ2n) is 4.42. The summed E-state index contributed by atoms with van der Waals surface area (Å²) in [5, 5.41) is 3.71. The first-order valence-corrected chi connectivity index (χ1v) is 6.77. The summed E-state index contributed by atoms with van der Waals surface area (Å²) in [6.07, 6.45) is 1.72. The fourth-order valence-corrected chi connectivity index (χ4v) is 2.16. The Hall–Kier alpha value is -1.52. The molecular weight excluding hydrogens is 282 g/mol. The molecule has 0 saturated carbocycles. The van der Waals surface area contributed by atoms with Gasteiger partial charge in [-0.15, -0.1) is 0 Å². The lowest BCUT2D eigenvalue weighted by Crippen LogP contribution is -2.24. The topological polar surface area (TPSA) is 24.9 Å². The lowest BCUT2D eigenvalue weighted by atomic mass is 10.0. The molecule has 2 rings (SSSR count). The molecule has 1 heterocycles. The average molecular weight is 297 g/mol. The van der Waals surface area contributed by atoms with Crippen LogP contribution in [0.5, 0.6) is 0 Å². The van der Waals surface area contributed by atoms with Crippen LogP contribution in [0.3, 0.4) is 0 Å². The first kappa shape index (κ1) is 14.9. The Morgan fingerprint density at radius 3 is 2.45 bits per heavy atom. The van der Waals surface area contributed by atoms with Crippen molar-refractivity contribution in [3.8, 4) is 0 Å². The number of hydrogen-bond acceptors (Lipinski definition) is 2. The highest BCUT2D eigenvalue weighted by molar-refractivity contribution is 6.30. The Kier molecular flexibility index (Phi) is 5.04. The van der Waals surface area contributed by atoms with Gasteiger partial charge in [0.1, 0.15) is 11.6 Å². The fourth-order valence-electron chi connectivity index (χ4n) is 2.05. The standard InChI is InChI=1S/C15H15ClF2N2/c1-2-19-15(14-7-6-10(16)9-20-14)8-11-12(17)4-3-5-13(11)18/h3-7,9,15,19H,2,8H2,1H3. The third-order valence-corrected chi connectivity index (χ3v) is 3.25. The highest BCUT2D eigenvalue weighted by Gasteiger charge is 2.17. The van der Waals surface area contributed by atoms with Crippen molar-refractivity contribution < 1.29 is 8.78 Å². The van der Waals surface area contributed by atoms with Gasteiger partial charge in [0.15, 0.2) is 0 Å². The van der Waals surface area contributed by atoms with E-state index in [2.05, 4.69) is 10.3 Å². The number of halogens is 3. The van der Waals surface area contributed by atoms with Gasteiger partial charge in [0.05, 0.1) is 16.8 Å². The summed E-state index contributed by atoms with van der Waals surface area (Å²) in [4.78, 5) is 4.21. The lowest BCUT2D eigenvalue weighted by molar-refractivity contribution is 0.492. The summed E-state index contributed by atoms with van der Waals surface area (Å²) in [5.74, 6) is -1.08.